The first-order valence-corrected chi connectivity index (χ1v) is 8.08. The number of amides is 2. The van der Waals surface area contributed by atoms with E-state index >= 15 is 0 Å². The van der Waals surface area contributed by atoms with Crippen LogP contribution in [0.1, 0.15) is 16.9 Å². The van der Waals surface area contributed by atoms with Gasteiger partial charge < -0.3 is 20.8 Å². The van der Waals surface area contributed by atoms with Gasteiger partial charge in [0.2, 0.25) is 0 Å². The van der Waals surface area contributed by atoms with Crippen LogP contribution in [0.15, 0.2) is 35.7 Å². The molecule has 4 N–H and O–H groups in total. The lowest BCUT2D eigenvalue weighted by atomic mass is 10.1. The Morgan fingerprint density at radius 2 is 1.86 bits per heavy atom. The van der Waals surface area contributed by atoms with Crippen LogP contribution in [0, 0.1) is 0 Å². The largest absolute Gasteiger partial charge is 0.504 e. The molecule has 0 bridgehead atoms. The molecule has 2 amide bonds. The molecule has 0 spiro atoms. The van der Waals surface area contributed by atoms with Gasteiger partial charge in [0.25, 0.3) is 0 Å². The first kappa shape index (κ1) is 16.2. The Hall–Kier alpha value is -2.21. The molecule has 0 saturated carbocycles. The number of urea groups is 1. The van der Waals surface area contributed by atoms with Crippen LogP contribution >= 0.6 is 11.3 Å². The van der Waals surface area contributed by atoms with Gasteiger partial charge >= 0.3 is 6.03 Å². The molecule has 0 radical (unpaired) electrons. The highest BCUT2D eigenvalue weighted by atomic mass is 32.1. The molecule has 1 heterocycles. The topological polar surface area (TPSA) is 81.6 Å². The lowest BCUT2D eigenvalue weighted by molar-refractivity contribution is 0.241. The number of aryl methyl sites for hydroxylation is 1. The number of hydrogen-bond donors (Lipinski definition) is 4. The molecule has 0 aliphatic rings. The highest BCUT2D eigenvalue weighted by Crippen LogP contribution is 2.24. The van der Waals surface area contributed by atoms with Crippen molar-refractivity contribution in [3.8, 4) is 11.5 Å². The summed E-state index contributed by atoms with van der Waals surface area (Å²) in [6.45, 7) is 1.12. The Kier molecular flexibility index (Phi) is 6.09. The smallest absolute Gasteiger partial charge is 0.314 e. The highest BCUT2D eigenvalue weighted by molar-refractivity contribution is 7.09. The van der Waals surface area contributed by atoms with E-state index in [1.807, 2.05) is 6.07 Å². The quantitative estimate of drug-likeness (QED) is 0.467. The maximum absolute atomic E-state index is 11.6. The number of phenolic OH excluding ortho intramolecular Hbond substituents is 2. The van der Waals surface area contributed by atoms with Crippen molar-refractivity contribution in [1.29, 1.82) is 0 Å². The van der Waals surface area contributed by atoms with Crippen LogP contribution in [0.5, 0.6) is 11.5 Å². The van der Waals surface area contributed by atoms with E-state index in [1.54, 1.807) is 17.4 Å². The number of aromatic hydroxyl groups is 2. The summed E-state index contributed by atoms with van der Waals surface area (Å²) >= 11 is 1.73. The normalized spacial score (nSPS) is 10.4. The van der Waals surface area contributed by atoms with E-state index in [9.17, 15) is 15.0 Å². The van der Waals surface area contributed by atoms with Gasteiger partial charge in [0, 0.05) is 18.0 Å². The number of hydrogen-bond acceptors (Lipinski definition) is 4. The Labute approximate surface area is 133 Å². The minimum atomic E-state index is -0.186. The number of phenols is 2. The Morgan fingerprint density at radius 3 is 2.59 bits per heavy atom. The van der Waals surface area contributed by atoms with Gasteiger partial charge in [-0.15, -0.1) is 11.3 Å². The van der Waals surface area contributed by atoms with E-state index in [1.165, 1.54) is 17.0 Å². The molecule has 0 atom stereocenters. The average Bonchev–Trinajstić information content (AvgIpc) is 3.01. The summed E-state index contributed by atoms with van der Waals surface area (Å²) in [5.74, 6) is -0.282. The predicted molar refractivity (Wildman–Crippen MR) is 87.5 cm³/mol. The molecule has 6 heteroatoms. The maximum Gasteiger partial charge on any atom is 0.314 e. The van der Waals surface area contributed by atoms with Gasteiger partial charge in [0.05, 0.1) is 0 Å². The van der Waals surface area contributed by atoms with Crippen molar-refractivity contribution in [2.45, 2.75) is 19.3 Å². The van der Waals surface area contributed by atoms with Gasteiger partial charge in [-0.05, 0) is 48.4 Å². The van der Waals surface area contributed by atoms with Crippen LogP contribution in [-0.2, 0) is 12.8 Å². The summed E-state index contributed by atoms with van der Waals surface area (Å²) in [5.41, 5.74) is 0.855. The maximum atomic E-state index is 11.6. The molecule has 0 unspecified atom stereocenters. The third-order valence-electron chi connectivity index (χ3n) is 3.20. The molecular weight excluding hydrogens is 300 g/mol. The van der Waals surface area contributed by atoms with E-state index in [0.29, 0.717) is 19.5 Å². The fourth-order valence-corrected chi connectivity index (χ4v) is 2.78. The van der Waals surface area contributed by atoms with Gasteiger partial charge in [-0.3, -0.25) is 0 Å². The number of benzene rings is 1. The van der Waals surface area contributed by atoms with Gasteiger partial charge in [-0.1, -0.05) is 12.1 Å². The van der Waals surface area contributed by atoms with Crippen LogP contribution in [0.2, 0.25) is 0 Å². The number of rotatable bonds is 7. The first-order valence-electron chi connectivity index (χ1n) is 7.20. The molecule has 5 nitrogen and oxygen atoms in total. The summed E-state index contributed by atoms with van der Waals surface area (Å²) in [5, 5.41) is 26.2. The number of nitrogens with one attached hydrogen (secondary N) is 2. The van der Waals surface area contributed by atoms with E-state index in [-0.39, 0.29) is 17.5 Å². The number of carbonyl (C=O) groups is 1. The van der Waals surface area contributed by atoms with Crippen LogP contribution in [0.25, 0.3) is 0 Å². The lowest BCUT2D eigenvalue weighted by Crippen LogP contribution is -2.37. The van der Waals surface area contributed by atoms with Crippen LogP contribution in [0.4, 0.5) is 4.79 Å². The molecule has 0 saturated heterocycles. The highest BCUT2D eigenvalue weighted by Gasteiger charge is 2.03. The van der Waals surface area contributed by atoms with Gasteiger partial charge in [0.15, 0.2) is 11.5 Å². The Morgan fingerprint density at radius 1 is 1.05 bits per heavy atom. The second-order valence-electron chi connectivity index (χ2n) is 4.94. The fourth-order valence-electron chi connectivity index (χ4n) is 2.03. The number of thiophene rings is 1. The minimum absolute atomic E-state index is 0.139. The summed E-state index contributed by atoms with van der Waals surface area (Å²) in [7, 11) is 0. The van der Waals surface area contributed by atoms with Crippen LogP contribution < -0.4 is 10.6 Å². The van der Waals surface area contributed by atoms with E-state index in [0.717, 1.165) is 18.4 Å². The van der Waals surface area contributed by atoms with E-state index in [4.69, 9.17) is 0 Å². The fraction of sp³-hybridized carbons (Fsp3) is 0.312. The molecule has 118 valence electrons. The van der Waals surface area contributed by atoms with Crippen molar-refractivity contribution in [2.24, 2.45) is 0 Å². The summed E-state index contributed by atoms with van der Waals surface area (Å²) in [6, 6.07) is 8.59. The third-order valence-corrected chi connectivity index (χ3v) is 4.14. The molecule has 22 heavy (non-hydrogen) atoms. The second-order valence-corrected chi connectivity index (χ2v) is 5.97. The third kappa shape index (κ3) is 5.29. The minimum Gasteiger partial charge on any atom is -0.504 e. The molecule has 2 rings (SSSR count). The zero-order valence-electron chi connectivity index (χ0n) is 12.2. The summed E-state index contributed by atoms with van der Waals surface area (Å²) in [4.78, 5) is 12.9. The predicted octanol–water partition coefficient (Wildman–Crippen LogP) is 2.63. The number of carbonyl (C=O) groups excluding carboxylic acids is 1. The summed E-state index contributed by atoms with van der Waals surface area (Å²) in [6.07, 6.45) is 2.49. The zero-order chi connectivity index (χ0) is 15.8. The zero-order valence-corrected chi connectivity index (χ0v) is 13.0. The second kappa shape index (κ2) is 8.29. The molecule has 0 aliphatic carbocycles. The molecule has 1 aromatic carbocycles. The monoisotopic (exact) mass is 320 g/mol. The van der Waals surface area contributed by atoms with Crippen molar-refractivity contribution in [1.82, 2.24) is 10.6 Å². The van der Waals surface area contributed by atoms with Crippen molar-refractivity contribution < 1.29 is 15.0 Å². The molecule has 1 aromatic heterocycles. The van der Waals surface area contributed by atoms with Crippen molar-refractivity contribution in [2.75, 3.05) is 13.1 Å². The van der Waals surface area contributed by atoms with E-state index < -0.39 is 0 Å². The van der Waals surface area contributed by atoms with Gasteiger partial charge in [-0.25, -0.2) is 4.79 Å². The lowest BCUT2D eigenvalue weighted by Gasteiger charge is -2.08. The van der Waals surface area contributed by atoms with Gasteiger partial charge in [0.1, 0.15) is 0 Å². The van der Waals surface area contributed by atoms with E-state index in [2.05, 4.69) is 22.1 Å². The van der Waals surface area contributed by atoms with Crippen LogP contribution in [0.3, 0.4) is 0 Å². The molecule has 2 aromatic rings. The molecule has 0 fully saturated rings. The first-order chi connectivity index (χ1) is 10.6. The van der Waals surface area contributed by atoms with Crippen molar-refractivity contribution in [3.05, 3.63) is 46.2 Å². The SMILES string of the molecule is O=C(NCCCc1cccs1)NCCc1ccc(O)c(O)c1. The Balaban J connectivity index is 1.58. The Bertz CT molecular complexity index is 599. The standard InChI is InChI=1S/C16H20N2O3S/c19-14-6-5-12(11-15(14)20)7-9-18-16(21)17-8-1-3-13-4-2-10-22-13/h2,4-6,10-11,19-20H,1,3,7-9H2,(H2,17,18,21). The van der Waals surface area contributed by atoms with Crippen LogP contribution in [-0.4, -0.2) is 29.3 Å². The van der Waals surface area contributed by atoms with Crippen molar-refractivity contribution in [3.63, 3.8) is 0 Å². The van der Waals surface area contributed by atoms with Gasteiger partial charge in [-0.2, -0.15) is 0 Å². The van der Waals surface area contributed by atoms with Crippen molar-refractivity contribution >= 4 is 17.4 Å². The molecular formula is C16H20N2O3S. The molecule has 0 aliphatic heterocycles. The summed E-state index contributed by atoms with van der Waals surface area (Å²) < 4.78 is 0. The average molecular weight is 320 g/mol.